The quantitative estimate of drug-likeness (QED) is 0.903. The normalized spacial score (nSPS) is 16.0. The minimum absolute atomic E-state index is 0.122. The lowest BCUT2D eigenvalue weighted by atomic mass is 10.2. The third kappa shape index (κ3) is 3.25. The van der Waals surface area contributed by atoms with Gasteiger partial charge in [-0.05, 0) is 25.2 Å². The van der Waals surface area contributed by atoms with Crippen LogP contribution in [-0.2, 0) is 0 Å². The molecule has 3 rings (SSSR count). The number of hydrogen-bond donors (Lipinski definition) is 2. The van der Waals surface area contributed by atoms with Crippen molar-refractivity contribution >= 4 is 17.3 Å². The average molecular weight is 283 g/mol. The van der Waals surface area contributed by atoms with Crippen molar-refractivity contribution in [3.63, 3.8) is 0 Å². The van der Waals surface area contributed by atoms with Crippen LogP contribution in [-0.4, -0.2) is 49.0 Å². The Morgan fingerprint density at radius 1 is 1.29 bits per heavy atom. The number of likely N-dealkylation sites (N-methyl/N-ethyl adjacent to an activating group) is 1. The Labute approximate surface area is 124 Å². The summed E-state index contributed by atoms with van der Waals surface area (Å²) in [4.78, 5) is 19.6. The minimum atomic E-state index is -0.122. The molecule has 1 fully saturated rings. The van der Waals surface area contributed by atoms with Crippen LogP contribution in [0.2, 0.25) is 0 Å². The van der Waals surface area contributed by atoms with Gasteiger partial charge in [0, 0.05) is 50.3 Å². The van der Waals surface area contributed by atoms with E-state index in [4.69, 9.17) is 0 Å². The van der Waals surface area contributed by atoms with Crippen molar-refractivity contribution in [2.75, 3.05) is 43.4 Å². The Kier molecular flexibility index (Phi) is 3.92. The van der Waals surface area contributed by atoms with Gasteiger partial charge < -0.3 is 20.1 Å². The van der Waals surface area contributed by atoms with Crippen molar-refractivity contribution < 1.29 is 4.79 Å². The Morgan fingerprint density at radius 2 is 2.10 bits per heavy atom. The third-order valence-corrected chi connectivity index (χ3v) is 3.76. The van der Waals surface area contributed by atoms with E-state index >= 15 is 0 Å². The van der Waals surface area contributed by atoms with Crippen LogP contribution in [0.25, 0.3) is 0 Å². The highest BCUT2D eigenvalue weighted by molar-refractivity contribution is 6.04. The number of carbonyl (C=O) groups is 1. The van der Waals surface area contributed by atoms with Gasteiger partial charge >= 0.3 is 0 Å². The molecule has 2 N–H and O–H groups in total. The van der Waals surface area contributed by atoms with Crippen LogP contribution in [0.4, 0.5) is 11.4 Å². The van der Waals surface area contributed by atoms with E-state index in [9.17, 15) is 4.79 Å². The topological polar surface area (TPSA) is 51.4 Å². The van der Waals surface area contributed by atoms with Crippen LogP contribution in [0.15, 0.2) is 36.7 Å². The van der Waals surface area contributed by atoms with Gasteiger partial charge in [0.15, 0.2) is 0 Å². The molecule has 0 unspecified atom stereocenters. The highest BCUT2D eigenvalue weighted by atomic mass is 16.1. The number of carbonyl (C=O) groups excluding carboxylic acids is 1. The van der Waals surface area contributed by atoms with E-state index in [0.29, 0.717) is 11.3 Å². The monoisotopic (exact) mass is 283 g/mol. The summed E-state index contributed by atoms with van der Waals surface area (Å²) in [7, 11) is 2.14. The van der Waals surface area contributed by atoms with Crippen LogP contribution in [0, 0.1) is 6.07 Å². The van der Waals surface area contributed by atoms with Crippen molar-refractivity contribution in [2.24, 2.45) is 0 Å². The summed E-state index contributed by atoms with van der Waals surface area (Å²) in [5.41, 5.74) is 2.46. The number of rotatable bonds is 3. The van der Waals surface area contributed by atoms with Crippen molar-refractivity contribution in [3.05, 3.63) is 48.3 Å². The Hall–Kier alpha value is -2.27. The summed E-state index contributed by atoms with van der Waals surface area (Å²) < 4.78 is 0. The fourth-order valence-electron chi connectivity index (χ4n) is 2.45. The molecule has 0 bridgehead atoms. The fourth-order valence-corrected chi connectivity index (χ4v) is 2.45. The molecule has 1 aliphatic rings. The second-order valence-electron chi connectivity index (χ2n) is 5.30. The number of H-pyrrole nitrogens is 1. The first-order valence-electron chi connectivity index (χ1n) is 7.12. The van der Waals surface area contributed by atoms with Crippen molar-refractivity contribution in [3.8, 4) is 0 Å². The first kappa shape index (κ1) is 13.7. The molecule has 109 valence electrons. The number of piperazine rings is 1. The van der Waals surface area contributed by atoms with E-state index in [1.807, 2.05) is 18.2 Å². The maximum atomic E-state index is 12.0. The van der Waals surface area contributed by atoms with E-state index in [0.717, 1.165) is 31.9 Å². The number of anilines is 2. The molecule has 0 saturated carbocycles. The van der Waals surface area contributed by atoms with Gasteiger partial charge in [0.05, 0.1) is 11.3 Å². The summed E-state index contributed by atoms with van der Waals surface area (Å²) >= 11 is 0. The fraction of sp³-hybridized carbons (Fsp3) is 0.312. The average Bonchev–Trinajstić information content (AvgIpc) is 3.02. The van der Waals surface area contributed by atoms with Gasteiger partial charge in [-0.15, -0.1) is 0 Å². The molecule has 0 aliphatic carbocycles. The SMILES string of the molecule is CN1CCN(c2cc[c]c(NC(=O)c3cc[nH]c3)c2)CC1. The molecule has 1 amide bonds. The maximum absolute atomic E-state index is 12.0. The van der Waals surface area contributed by atoms with Crippen molar-refractivity contribution in [2.45, 2.75) is 0 Å². The molecule has 1 aliphatic heterocycles. The van der Waals surface area contributed by atoms with Crippen LogP contribution in [0.3, 0.4) is 0 Å². The zero-order chi connectivity index (χ0) is 14.7. The van der Waals surface area contributed by atoms with Crippen molar-refractivity contribution in [1.82, 2.24) is 9.88 Å². The lowest BCUT2D eigenvalue weighted by Gasteiger charge is -2.34. The summed E-state index contributed by atoms with van der Waals surface area (Å²) in [6.45, 7) is 4.13. The van der Waals surface area contributed by atoms with Gasteiger partial charge in [-0.3, -0.25) is 4.79 Å². The van der Waals surface area contributed by atoms with Crippen LogP contribution < -0.4 is 10.2 Å². The van der Waals surface area contributed by atoms with E-state index in [-0.39, 0.29) is 5.91 Å². The second kappa shape index (κ2) is 6.01. The van der Waals surface area contributed by atoms with Gasteiger partial charge in [-0.2, -0.15) is 0 Å². The van der Waals surface area contributed by atoms with Crippen molar-refractivity contribution in [1.29, 1.82) is 0 Å². The molecule has 2 heterocycles. The smallest absolute Gasteiger partial charge is 0.257 e. The number of amides is 1. The second-order valence-corrected chi connectivity index (χ2v) is 5.30. The molecule has 1 saturated heterocycles. The molecule has 0 spiro atoms. The first-order valence-corrected chi connectivity index (χ1v) is 7.12. The number of benzene rings is 1. The minimum Gasteiger partial charge on any atom is -0.369 e. The Balaban J connectivity index is 1.70. The molecular weight excluding hydrogens is 264 g/mol. The van der Waals surface area contributed by atoms with Crippen LogP contribution in [0.1, 0.15) is 10.4 Å². The van der Waals surface area contributed by atoms with Gasteiger partial charge in [-0.25, -0.2) is 0 Å². The van der Waals surface area contributed by atoms with E-state index in [1.165, 1.54) is 0 Å². The predicted molar refractivity (Wildman–Crippen MR) is 83.7 cm³/mol. The highest BCUT2D eigenvalue weighted by Crippen LogP contribution is 2.20. The summed E-state index contributed by atoms with van der Waals surface area (Å²) in [6.07, 6.45) is 3.42. The molecule has 1 aromatic carbocycles. The lowest BCUT2D eigenvalue weighted by Crippen LogP contribution is -2.44. The third-order valence-electron chi connectivity index (χ3n) is 3.76. The zero-order valence-corrected chi connectivity index (χ0v) is 12.1. The number of nitrogens with one attached hydrogen (secondary N) is 2. The van der Waals surface area contributed by atoms with E-state index < -0.39 is 0 Å². The van der Waals surface area contributed by atoms with Crippen LogP contribution in [0.5, 0.6) is 0 Å². The molecule has 21 heavy (non-hydrogen) atoms. The molecule has 2 aromatic rings. The molecule has 1 radical (unpaired) electrons. The largest absolute Gasteiger partial charge is 0.369 e. The number of aromatic amines is 1. The van der Waals surface area contributed by atoms with E-state index in [1.54, 1.807) is 18.5 Å². The summed E-state index contributed by atoms with van der Waals surface area (Å²) in [5.74, 6) is -0.122. The number of hydrogen-bond acceptors (Lipinski definition) is 3. The first-order chi connectivity index (χ1) is 10.2. The lowest BCUT2D eigenvalue weighted by molar-refractivity contribution is 0.102. The molecule has 5 nitrogen and oxygen atoms in total. The predicted octanol–water partition coefficient (Wildman–Crippen LogP) is 1.82. The molecule has 5 heteroatoms. The van der Waals surface area contributed by atoms with Gasteiger partial charge in [0.25, 0.3) is 5.91 Å². The van der Waals surface area contributed by atoms with Gasteiger partial charge in [0.2, 0.25) is 0 Å². The standard InChI is InChI=1S/C16H19N4O/c1-19-7-9-20(10-8-19)15-4-2-3-14(11-15)18-16(21)13-5-6-17-12-13/h2,4-6,11-12,17H,7-10H2,1H3,(H,18,21). The van der Waals surface area contributed by atoms with E-state index in [2.05, 4.69) is 33.2 Å². The summed E-state index contributed by atoms with van der Waals surface area (Å²) in [5, 5.41) is 2.88. The van der Waals surface area contributed by atoms with Gasteiger partial charge in [0.1, 0.15) is 0 Å². The zero-order valence-electron chi connectivity index (χ0n) is 12.1. The maximum Gasteiger partial charge on any atom is 0.257 e. The molecular formula is C16H19N4O. The summed E-state index contributed by atoms with van der Waals surface area (Å²) in [6, 6.07) is 10.7. The molecule has 1 aromatic heterocycles. The number of nitrogens with zero attached hydrogens (tertiary/aromatic N) is 2. The number of aromatic nitrogens is 1. The van der Waals surface area contributed by atoms with Crippen LogP contribution >= 0.6 is 0 Å². The van der Waals surface area contributed by atoms with Gasteiger partial charge in [-0.1, -0.05) is 6.07 Å². The Bertz CT molecular complexity index is 600. The Morgan fingerprint density at radius 3 is 2.81 bits per heavy atom. The molecule has 0 atom stereocenters. The highest BCUT2D eigenvalue weighted by Gasteiger charge is 2.15.